The monoisotopic (exact) mass is 650 g/mol. The first kappa shape index (κ1) is 32.6. The molecule has 0 aromatic heterocycles. The summed E-state index contributed by atoms with van der Waals surface area (Å²) in [5.74, 6) is 1.22. The number of fused-ring (bicyclic) bond motifs is 2. The van der Waals surface area contributed by atoms with Crippen molar-refractivity contribution in [2.24, 2.45) is 5.92 Å². The highest BCUT2D eigenvalue weighted by molar-refractivity contribution is 6.99. The Bertz CT molecular complexity index is 1500. The second kappa shape index (κ2) is 12.5. The van der Waals surface area contributed by atoms with E-state index >= 15 is 0 Å². The number of benzene rings is 3. The van der Waals surface area contributed by atoms with Crippen molar-refractivity contribution in [2.45, 2.75) is 127 Å². The van der Waals surface area contributed by atoms with E-state index in [1.54, 1.807) is 0 Å². The van der Waals surface area contributed by atoms with E-state index in [0.717, 1.165) is 25.9 Å². The number of likely N-dealkylation sites (tertiary alicyclic amines) is 1. The first-order valence-corrected chi connectivity index (χ1v) is 20.0. The molecule has 3 saturated heterocycles. The zero-order valence-corrected chi connectivity index (χ0v) is 30.3. The summed E-state index contributed by atoms with van der Waals surface area (Å²) in [7, 11) is -2.88. The molecule has 1 saturated carbocycles. The fourth-order valence-corrected chi connectivity index (χ4v) is 14.3. The summed E-state index contributed by atoms with van der Waals surface area (Å²) in [6.45, 7) is 14.9. The van der Waals surface area contributed by atoms with Gasteiger partial charge in [0, 0.05) is 13.1 Å². The van der Waals surface area contributed by atoms with E-state index in [4.69, 9.17) is 9.16 Å². The summed E-state index contributed by atoms with van der Waals surface area (Å²) in [6.07, 6.45) is 6.96. The summed E-state index contributed by atoms with van der Waals surface area (Å²) >= 11 is 0. The molecule has 47 heavy (non-hydrogen) atoms. The fraction of sp³-hybridized carbons (Fsp3) is 0.537. The van der Waals surface area contributed by atoms with Gasteiger partial charge in [0.1, 0.15) is 5.60 Å². The third kappa shape index (κ3) is 6.11. The molecule has 1 amide bonds. The third-order valence-corrected chi connectivity index (χ3v) is 16.4. The normalized spacial score (nSPS) is 26.6. The van der Waals surface area contributed by atoms with Gasteiger partial charge in [-0.05, 0) is 84.8 Å². The highest BCUT2D eigenvalue weighted by Crippen LogP contribution is 2.50. The van der Waals surface area contributed by atoms with Crippen molar-refractivity contribution in [2.75, 3.05) is 6.54 Å². The van der Waals surface area contributed by atoms with Gasteiger partial charge in [-0.3, -0.25) is 9.80 Å². The Morgan fingerprint density at radius 3 is 2.02 bits per heavy atom. The highest BCUT2D eigenvalue weighted by Gasteiger charge is 2.64. The molecule has 3 bridgehead atoms. The molecule has 1 aliphatic carbocycles. The van der Waals surface area contributed by atoms with Crippen molar-refractivity contribution in [3.8, 4) is 0 Å². The molecule has 3 aromatic carbocycles. The number of rotatable bonds is 7. The van der Waals surface area contributed by atoms with Crippen molar-refractivity contribution < 1.29 is 14.0 Å². The lowest BCUT2D eigenvalue weighted by Gasteiger charge is -2.47. The Morgan fingerprint density at radius 1 is 0.809 bits per heavy atom. The van der Waals surface area contributed by atoms with Crippen LogP contribution in [0.25, 0.3) is 0 Å². The SMILES string of the molecule is CC(C)(C)OC(=O)N1C2CC3CC1[C@H](O[Si](c1ccccc1)(c1ccccc1)C(C)(C)C)C2N(Cc1cccc(C2CCCC2)c1)C3. The first-order valence-electron chi connectivity index (χ1n) is 18.1. The molecule has 0 spiro atoms. The zero-order chi connectivity index (χ0) is 33.0. The lowest BCUT2D eigenvalue weighted by molar-refractivity contribution is -0.0206. The second-order valence-corrected chi connectivity index (χ2v) is 21.0. The van der Waals surface area contributed by atoms with Crippen LogP contribution in [0.2, 0.25) is 5.04 Å². The molecule has 0 radical (unpaired) electrons. The number of nitrogens with zero attached hydrogens (tertiary/aromatic N) is 2. The van der Waals surface area contributed by atoms with Gasteiger partial charge >= 0.3 is 6.09 Å². The van der Waals surface area contributed by atoms with Crippen molar-refractivity contribution >= 4 is 24.8 Å². The van der Waals surface area contributed by atoms with Gasteiger partial charge in [0.2, 0.25) is 0 Å². The Balaban J connectivity index is 1.32. The van der Waals surface area contributed by atoms with E-state index in [0.29, 0.717) is 11.8 Å². The largest absolute Gasteiger partial charge is 0.444 e. The predicted molar refractivity (Wildman–Crippen MR) is 193 cm³/mol. The molecule has 6 heteroatoms. The topological polar surface area (TPSA) is 42.0 Å². The molecule has 7 rings (SSSR count). The van der Waals surface area contributed by atoms with Crippen LogP contribution in [0.3, 0.4) is 0 Å². The van der Waals surface area contributed by atoms with Crippen LogP contribution >= 0.6 is 0 Å². The maximum absolute atomic E-state index is 14.1. The number of ether oxygens (including phenoxy) is 1. The molecular formula is C41H54N2O3Si. The van der Waals surface area contributed by atoms with Gasteiger partial charge in [-0.1, -0.05) is 119 Å². The molecule has 4 fully saturated rings. The quantitative estimate of drug-likeness (QED) is 0.244. The summed E-state index contributed by atoms with van der Waals surface area (Å²) in [4.78, 5) is 18.9. The van der Waals surface area contributed by atoms with Crippen LogP contribution in [0.15, 0.2) is 84.9 Å². The van der Waals surface area contributed by atoms with Gasteiger partial charge in [-0.15, -0.1) is 0 Å². The van der Waals surface area contributed by atoms with Crippen LogP contribution in [0.1, 0.15) is 97.1 Å². The average molecular weight is 651 g/mol. The van der Waals surface area contributed by atoms with Crippen LogP contribution in [0.4, 0.5) is 4.79 Å². The van der Waals surface area contributed by atoms with E-state index in [2.05, 4.69) is 116 Å². The Labute approximate surface area is 283 Å². The van der Waals surface area contributed by atoms with Crippen LogP contribution in [-0.2, 0) is 15.7 Å². The van der Waals surface area contributed by atoms with Gasteiger partial charge in [0.15, 0.2) is 0 Å². The number of amides is 1. The van der Waals surface area contributed by atoms with Crippen molar-refractivity contribution in [1.29, 1.82) is 0 Å². The fourth-order valence-electron chi connectivity index (χ4n) is 9.59. The van der Waals surface area contributed by atoms with E-state index < -0.39 is 13.9 Å². The van der Waals surface area contributed by atoms with E-state index in [1.165, 1.54) is 47.2 Å². The zero-order valence-electron chi connectivity index (χ0n) is 29.3. The molecule has 5 nitrogen and oxygen atoms in total. The molecular weight excluding hydrogens is 597 g/mol. The molecule has 3 heterocycles. The van der Waals surface area contributed by atoms with Crippen molar-refractivity contribution in [3.63, 3.8) is 0 Å². The summed E-state index contributed by atoms with van der Waals surface area (Å²) in [6, 6.07) is 31.5. The van der Waals surface area contributed by atoms with Crippen LogP contribution in [-0.4, -0.2) is 60.6 Å². The lowest BCUT2D eigenvalue weighted by atomic mass is 9.86. The van der Waals surface area contributed by atoms with E-state index in [-0.39, 0.29) is 35.4 Å². The minimum Gasteiger partial charge on any atom is -0.444 e. The van der Waals surface area contributed by atoms with Gasteiger partial charge in [0.05, 0.1) is 24.2 Å². The number of piperidine rings is 2. The summed E-state index contributed by atoms with van der Waals surface area (Å²) in [5.41, 5.74) is 2.33. The van der Waals surface area contributed by atoms with Crippen molar-refractivity contribution in [3.05, 3.63) is 96.1 Å². The van der Waals surface area contributed by atoms with E-state index in [1.807, 2.05) is 20.8 Å². The summed E-state index contributed by atoms with van der Waals surface area (Å²) in [5, 5.41) is 2.42. The highest BCUT2D eigenvalue weighted by atomic mass is 28.4. The molecule has 0 N–H and O–H groups in total. The number of carbonyl (C=O) groups excluding carboxylic acids is 1. The Kier molecular flexibility index (Phi) is 8.68. The van der Waals surface area contributed by atoms with Gasteiger partial charge in [-0.2, -0.15) is 0 Å². The molecule has 3 aliphatic heterocycles. The molecule has 5 atom stereocenters. The lowest BCUT2D eigenvalue weighted by Crippen LogP contribution is -2.69. The average Bonchev–Trinajstić information content (AvgIpc) is 3.60. The summed E-state index contributed by atoms with van der Waals surface area (Å²) < 4.78 is 14.1. The molecule has 4 unspecified atom stereocenters. The maximum Gasteiger partial charge on any atom is 0.410 e. The van der Waals surface area contributed by atoms with Crippen molar-refractivity contribution in [1.82, 2.24) is 9.80 Å². The minimum atomic E-state index is -2.88. The number of carbonyl (C=O) groups is 1. The van der Waals surface area contributed by atoms with Gasteiger partial charge < -0.3 is 9.16 Å². The third-order valence-electron chi connectivity index (χ3n) is 11.4. The predicted octanol–water partition coefficient (Wildman–Crippen LogP) is 7.87. The molecule has 4 aliphatic rings. The standard InChI is InChI=1S/C41H54N2O3Si/c1-40(2,3)45-39(44)43-35-25-30-26-36(43)38(37(35)42(28-30)27-29-16-15-19-32(24-29)31-17-13-14-18-31)46-47(41(4,5)6,33-20-9-7-10-21-33)34-22-11-8-12-23-34/h7-12,15-16,19-24,30-31,35-38H,13-14,17-18,25-28H2,1-6H3/t30?,35?,36?,37?,38-/m0/s1. The number of hydrogen-bond donors (Lipinski definition) is 0. The Hall–Kier alpha value is -2.93. The molecule has 3 aromatic rings. The van der Waals surface area contributed by atoms with Gasteiger partial charge in [-0.25, -0.2) is 4.79 Å². The van der Waals surface area contributed by atoms with E-state index in [9.17, 15) is 4.79 Å². The number of hydrogen-bond acceptors (Lipinski definition) is 4. The minimum absolute atomic E-state index is 0.0185. The molecule has 250 valence electrons. The smallest absolute Gasteiger partial charge is 0.410 e. The first-order chi connectivity index (χ1) is 22.4. The van der Waals surface area contributed by atoms with Crippen LogP contribution in [0, 0.1) is 5.92 Å². The van der Waals surface area contributed by atoms with Gasteiger partial charge in [0.25, 0.3) is 8.32 Å². The second-order valence-electron chi connectivity index (χ2n) is 16.8. The Morgan fingerprint density at radius 2 is 1.43 bits per heavy atom. The van der Waals surface area contributed by atoms with Crippen LogP contribution < -0.4 is 10.4 Å². The maximum atomic E-state index is 14.1. The van der Waals surface area contributed by atoms with Crippen LogP contribution in [0.5, 0.6) is 0 Å².